The largest absolute Gasteiger partial charge is 1.00 e. The first kappa shape index (κ1) is 21.2. The molecule has 1 fully saturated rings. The van der Waals surface area contributed by atoms with Gasteiger partial charge in [0, 0.05) is 0 Å². The van der Waals surface area contributed by atoms with Crippen molar-refractivity contribution in [3.63, 3.8) is 0 Å². The quantitative estimate of drug-likeness (QED) is 0.514. The van der Waals surface area contributed by atoms with Crippen molar-refractivity contribution in [1.29, 1.82) is 0 Å². The molecule has 0 amide bonds. The summed E-state index contributed by atoms with van der Waals surface area (Å²) in [5, 5.41) is 18.2. The molecule has 0 aromatic carbocycles. The number of hydrogen-bond donors (Lipinski definition) is 2. The van der Waals surface area contributed by atoms with Gasteiger partial charge in [-0.25, -0.2) is 0 Å². The maximum atomic E-state index is 11.2. The number of carboxylic acid groups (broad SMARTS) is 2. The zero-order valence-electron chi connectivity index (χ0n) is 13.7. The van der Waals surface area contributed by atoms with Crippen molar-refractivity contribution in [1.82, 2.24) is 0 Å². The third kappa shape index (κ3) is 5.93. The van der Waals surface area contributed by atoms with Gasteiger partial charge in [-0.2, -0.15) is 0 Å². The molecule has 0 bridgehead atoms. The third-order valence-corrected chi connectivity index (χ3v) is 3.56. The van der Waals surface area contributed by atoms with Crippen molar-refractivity contribution in [2.75, 3.05) is 0 Å². The minimum Gasteiger partial charge on any atom is -1.00 e. The molecule has 6 heteroatoms. The number of carboxylic acids is 2. The van der Waals surface area contributed by atoms with E-state index in [1.807, 2.05) is 0 Å². The maximum absolute atomic E-state index is 11.2. The van der Waals surface area contributed by atoms with Gasteiger partial charge >= 0.3 is 71.1 Å². The summed E-state index contributed by atoms with van der Waals surface area (Å²) in [7, 11) is 0. The van der Waals surface area contributed by atoms with Crippen LogP contribution in [0.3, 0.4) is 0 Å². The summed E-state index contributed by atoms with van der Waals surface area (Å²) in [6.45, 7) is 2.06. The van der Waals surface area contributed by atoms with Crippen LogP contribution in [-0.2, 0) is 9.59 Å². The Balaban J connectivity index is -0.000000320. The SMILES string of the molecule is CCCCC1CCCC(C(=O)O)C1C(=O)O.[H-].[H-].[Na+].[Na+]. The smallest absolute Gasteiger partial charge is 1.00 e. The molecular formula is C12H22Na2O4. The molecule has 0 radical (unpaired) electrons. The molecule has 0 spiro atoms. The first-order chi connectivity index (χ1) is 7.57. The van der Waals surface area contributed by atoms with Gasteiger partial charge in [0.1, 0.15) is 0 Å². The normalized spacial score (nSPS) is 26.6. The van der Waals surface area contributed by atoms with Crippen LogP contribution in [0.2, 0.25) is 0 Å². The fourth-order valence-electron chi connectivity index (χ4n) is 2.73. The Hall–Kier alpha value is 0.940. The Morgan fingerprint density at radius 2 is 1.78 bits per heavy atom. The number of aliphatic carboxylic acids is 2. The van der Waals surface area contributed by atoms with Gasteiger partial charge in [-0.3, -0.25) is 9.59 Å². The summed E-state index contributed by atoms with van der Waals surface area (Å²) in [6, 6.07) is 0. The Bertz CT molecular complexity index is 280. The molecule has 18 heavy (non-hydrogen) atoms. The van der Waals surface area contributed by atoms with Gasteiger partial charge in [-0.05, 0) is 25.2 Å². The van der Waals surface area contributed by atoms with E-state index in [0.717, 1.165) is 32.1 Å². The predicted molar refractivity (Wildman–Crippen MR) is 61.3 cm³/mol. The topological polar surface area (TPSA) is 74.6 Å². The van der Waals surface area contributed by atoms with Gasteiger partial charge in [0.15, 0.2) is 0 Å². The van der Waals surface area contributed by atoms with Crippen LogP contribution in [0.4, 0.5) is 0 Å². The van der Waals surface area contributed by atoms with Crippen LogP contribution in [0.1, 0.15) is 48.3 Å². The number of carbonyl (C=O) groups is 2. The second-order valence-corrected chi connectivity index (χ2v) is 4.64. The van der Waals surface area contributed by atoms with E-state index >= 15 is 0 Å². The molecule has 1 saturated carbocycles. The van der Waals surface area contributed by atoms with E-state index in [0.29, 0.717) is 6.42 Å². The molecule has 4 nitrogen and oxygen atoms in total. The van der Waals surface area contributed by atoms with E-state index in [9.17, 15) is 9.59 Å². The molecular weight excluding hydrogens is 254 g/mol. The van der Waals surface area contributed by atoms with Crippen molar-refractivity contribution in [2.24, 2.45) is 17.8 Å². The van der Waals surface area contributed by atoms with Crippen LogP contribution < -0.4 is 59.1 Å². The molecule has 0 aliphatic heterocycles. The van der Waals surface area contributed by atoms with Crippen LogP contribution in [0, 0.1) is 17.8 Å². The second kappa shape index (κ2) is 10.7. The molecule has 96 valence electrons. The Morgan fingerprint density at radius 1 is 1.17 bits per heavy atom. The van der Waals surface area contributed by atoms with Crippen molar-refractivity contribution in [3.05, 3.63) is 0 Å². The summed E-state index contributed by atoms with van der Waals surface area (Å²) in [6.07, 6.45) is 5.07. The fourth-order valence-corrected chi connectivity index (χ4v) is 2.73. The maximum Gasteiger partial charge on any atom is 1.00 e. The Morgan fingerprint density at radius 3 is 2.22 bits per heavy atom. The van der Waals surface area contributed by atoms with Crippen LogP contribution in [0.25, 0.3) is 0 Å². The molecule has 0 heterocycles. The van der Waals surface area contributed by atoms with Crippen LogP contribution in [0.15, 0.2) is 0 Å². The van der Waals surface area contributed by atoms with E-state index in [1.165, 1.54) is 0 Å². The summed E-state index contributed by atoms with van der Waals surface area (Å²) >= 11 is 0. The molecule has 0 aromatic heterocycles. The van der Waals surface area contributed by atoms with Crippen molar-refractivity contribution in [3.8, 4) is 0 Å². The van der Waals surface area contributed by atoms with Crippen LogP contribution in [0.5, 0.6) is 0 Å². The van der Waals surface area contributed by atoms with Crippen molar-refractivity contribution >= 4 is 11.9 Å². The number of rotatable bonds is 5. The number of unbranched alkanes of at least 4 members (excludes halogenated alkanes) is 1. The summed E-state index contributed by atoms with van der Waals surface area (Å²) in [5.41, 5.74) is 0. The van der Waals surface area contributed by atoms with Crippen molar-refractivity contribution in [2.45, 2.75) is 45.4 Å². The van der Waals surface area contributed by atoms with Crippen molar-refractivity contribution < 1.29 is 81.8 Å². The molecule has 2 N–H and O–H groups in total. The molecule has 3 atom stereocenters. The van der Waals surface area contributed by atoms with Crippen LogP contribution >= 0.6 is 0 Å². The van der Waals surface area contributed by atoms with E-state index in [4.69, 9.17) is 10.2 Å². The summed E-state index contributed by atoms with van der Waals surface area (Å²) < 4.78 is 0. The molecule has 0 saturated heterocycles. The van der Waals surface area contributed by atoms with E-state index in [1.54, 1.807) is 0 Å². The van der Waals surface area contributed by atoms with Gasteiger partial charge in [0.25, 0.3) is 0 Å². The first-order valence-corrected chi connectivity index (χ1v) is 6.03. The predicted octanol–water partition coefficient (Wildman–Crippen LogP) is -3.39. The average molecular weight is 276 g/mol. The van der Waals surface area contributed by atoms with E-state index in [2.05, 4.69) is 6.92 Å². The molecule has 1 rings (SSSR count). The zero-order valence-corrected chi connectivity index (χ0v) is 15.7. The Kier molecular flexibility index (Phi) is 12.6. The fraction of sp³-hybridized carbons (Fsp3) is 0.833. The number of hydrogen-bond acceptors (Lipinski definition) is 2. The summed E-state index contributed by atoms with van der Waals surface area (Å²) in [5.74, 6) is -3.21. The first-order valence-electron chi connectivity index (χ1n) is 6.03. The molecule has 0 aromatic rings. The van der Waals surface area contributed by atoms with E-state index in [-0.39, 0.29) is 67.9 Å². The minimum atomic E-state index is -0.950. The van der Waals surface area contributed by atoms with Crippen LogP contribution in [-0.4, -0.2) is 22.2 Å². The minimum absolute atomic E-state index is 0. The monoisotopic (exact) mass is 276 g/mol. The second-order valence-electron chi connectivity index (χ2n) is 4.64. The van der Waals surface area contributed by atoms with Gasteiger partial charge in [0.2, 0.25) is 0 Å². The molecule has 1 aliphatic carbocycles. The molecule has 1 aliphatic rings. The van der Waals surface area contributed by atoms with Gasteiger partial charge in [0.05, 0.1) is 11.8 Å². The molecule has 3 unspecified atom stereocenters. The van der Waals surface area contributed by atoms with Gasteiger partial charge < -0.3 is 13.1 Å². The van der Waals surface area contributed by atoms with Gasteiger partial charge in [-0.1, -0.05) is 26.2 Å². The zero-order chi connectivity index (χ0) is 12.1. The third-order valence-electron chi connectivity index (χ3n) is 3.56. The summed E-state index contributed by atoms with van der Waals surface area (Å²) in [4.78, 5) is 22.2. The Labute approximate surface area is 155 Å². The van der Waals surface area contributed by atoms with Gasteiger partial charge in [-0.15, -0.1) is 0 Å². The average Bonchev–Trinajstić information content (AvgIpc) is 2.25. The van der Waals surface area contributed by atoms with E-state index < -0.39 is 23.8 Å². The standard InChI is InChI=1S/C12H20O4.2Na.2H/c1-2-3-5-8-6-4-7-9(11(13)14)10(8)12(15)16;;;;/h8-10H,2-7H2,1H3,(H,13,14)(H,15,16);;;;/q;2*+1;2*-1.